The first kappa shape index (κ1) is 26.7. The summed E-state index contributed by atoms with van der Waals surface area (Å²) in [5.74, 6) is 2.13. The summed E-state index contributed by atoms with van der Waals surface area (Å²) in [4.78, 5) is 32.6. The highest BCUT2D eigenvalue weighted by Crippen LogP contribution is 2.48. The fourth-order valence-electron chi connectivity index (χ4n) is 5.74. The molecule has 13 heteroatoms. The van der Waals surface area contributed by atoms with Crippen LogP contribution in [0.1, 0.15) is 76.5 Å². The zero-order valence-electron chi connectivity index (χ0n) is 24.3. The molecule has 7 rings (SSSR count). The summed E-state index contributed by atoms with van der Waals surface area (Å²) < 4.78 is 18.8. The van der Waals surface area contributed by atoms with Crippen molar-refractivity contribution >= 4 is 22.9 Å². The van der Waals surface area contributed by atoms with E-state index in [0.717, 1.165) is 42.6 Å². The van der Waals surface area contributed by atoms with Gasteiger partial charge in [-0.3, -0.25) is 0 Å². The quantitative estimate of drug-likeness (QED) is 0.363. The fourth-order valence-corrected chi connectivity index (χ4v) is 5.74. The van der Waals surface area contributed by atoms with E-state index in [1.165, 1.54) is 6.33 Å². The van der Waals surface area contributed by atoms with Crippen LogP contribution in [0.2, 0.25) is 0 Å². The Morgan fingerprint density at radius 1 is 1.02 bits per heavy atom. The number of nitrogen functional groups attached to an aromatic ring is 1. The maximum Gasteiger partial charge on any atom is 0.410 e. The number of nitrogens with two attached hydrogens (primary N) is 1. The predicted molar refractivity (Wildman–Crippen MR) is 152 cm³/mol. The molecular formula is C29H35N9O4. The summed E-state index contributed by atoms with van der Waals surface area (Å²) in [5, 5.41) is 10.1. The second-order valence-electron chi connectivity index (χ2n) is 12.8. The Morgan fingerprint density at radius 2 is 1.74 bits per heavy atom. The monoisotopic (exact) mass is 573 g/mol. The molecule has 2 N–H and O–H groups in total. The van der Waals surface area contributed by atoms with Crippen LogP contribution in [0, 0.1) is 0 Å². The van der Waals surface area contributed by atoms with E-state index >= 15 is 0 Å². The second kappa shape index (κ2) is 9.72. The van der Waals surface area contributed by atoms with E-state index in [1.54, 1.807) is 4.90 Å². The number of likely N-dealkylation sites (tertiary alicyclic amines) is 1. The predicted octanol–water partition coefficient (Wildman–Crippen LogP) is 4.26. The molecule has 1 saturated carbocycles. The number of hydrogen-bond acceptors (Lipinski definition) is 11. The number of aromatic nitrogens is 7. The van der Waals surface area contributed by atoms with Gasteiger partial charge in [0.25, 0.3) is 0 Å². The Balaban J connectivity index is 1.20. The molecule has 1 aliphatic carbocycles. The van der Waals surface area contributed by atoms with Gasteiger partial charge in [-0.1, -0.05) is 5.16 Å². The minimum atomic E-state index is -0.509. The molecule has 0 atom stereocenters. The molecule has 4 aromatic heterocycles. The SMILES string of the molecule is CC(C)(C)OC(=O)N1CCC(c2cnc(-c3c(-c4nn(C5(C)COC5)c5ncnc(N)c45)noc3C3CC3)nc2)CC1. The highest BCUT2D eigenvalue weighted by Gasteiger charge is 2.41. The third-order valence-electron chi connectivity index (χ3n) is 8.24. The molecule has 220 valence electrons. The number of piperidine rings is 1. The van der Waals surface area contributed by atoms with Crippen LogP contribution < -0.4 is 5.73 Å². The molecule has 0 unspecified atom stereocenters. The van der Waals surface area contributed by atoms with Crippen molar-refractivity contribution in [1.82, 2.24) is 39.8 Å². The van der Waals surface area contributed by atoms with Crippen LogP contribution in [0.3, 0.4) is 0 Å². The van der Waals surface area contributed by atoms with Gasteiger partial charge in [0.1, 0.15) is 34.7 Å². The van der Waals surface area contributed by atoms with E-state index in [4.69, 9.17) is 34.8 Å². The van der Waals surface area contributed by atoms with Crippen molar-refractivity contribution in [3.8, 4) is 22.8 Å². The molecule has 2 saturated heterocycles. The van der Waals surface area contributed by atoms with Crippen LogP contribution in [-0.4, -0.2) is 77.8 Å². The largest absolute Gasteiger partial charge is 0.444 e. The number of amides is 1. The van der Waals surface area contributed by atoms with E-state index < -0.39 is 5.60 Å². The lowest BCUT2D eigenvalue weighted by Gasteiger charge is -2.38. The van der Waals surface area contributed by atoms with Crippen LogP contribution in [0.5, 0.6) is 0 Å². The zero-order chi connectivity index (χ0) is 29.2. The Bertz CT molecular complexity index is 1640. The van der Waals surface area contributed by atoms with Crippen molar-refractivity contribution < 1.29 is 18.8 Å². The molecule has 0 bridgehead atoms. The second-order valence-corrected chi connectivity index (χ2v) is 12.8. The first-order chi connectivity index (χ1) is 20.1. The van der Waals surface area contributed by atoms with Gasteiger partial charge >= 0.3 is 6.09 Å². The molecule has 13 nitrogen and oxygen atoms in total. The van der Waals surface area contributed by atoms with Gasteiger partial charge in [-0.25, -0.2) is 29.4 Å². The van der Waals surface area contributed by atoms with E-state index in [-0.39, 0.29) is 23.5 Å². The van der Waals surface area contributed by atoms with E-state index in [2.05, 4.69) is 22.0 Å². The number of nitrogens with zero attached hydrogens (tertiary/aromatic N) is 8. The van der Waals surface area contributed by atoms with Gasteiger partial charge in [0.05, 0.1) is 24.2 Å². The molecule has 3 fully saturated rings. The summed E-state index contributed by atoms with van der Waals surface area (Å²) in [6, 6.07) is 0. The van der Waals surface area contributed by atoms with Crippen LogP contribution >= 0.6 is 0 Å². The number of carbonyl (C=O) groups excluding carboxylic acids is 1. The van der Waals surface area contributed by atoms with E-state index in [1.807, 2.05) is 37.8 Å². The first-order valence-corrected chi connectivity index (χ1v) is 14.5. The maximum absolute atomic E-state index is 12.5. The van der Waals surface area contributed by atoms with Crippen LogP contribution in [0.25, 0.3) is 33.8 Å². The highest BCUT2D eigenvalue weighted by atomic mass is 16.6. The number of carbonyl (C=O) groups is 1. The molecule has 2 aliphatic heterocycles. The number of fused-ring (bicyclic) bond motifs is 1. The summed E-state index contributed by atoms with van der Waals surface area (Å²) in [6.45, 7) is 10.0. The van der Waals surface area contributed by atoms with Crippen molar-refractivity contribution in [2.75, 3.05) is 32.0 Å². The third kappa shape index (κ3) is 4.65. The van der Waals surface area contributed by atoms with Crippen molar-refractivity contribution in [1.29, 1.82) is 0 Å². The topological polar surface area (TPSA) is 160 Å². The zero-order valence-corrected chi connectivity index (χ0v) is 24.3. The van der Waals surface area contributed by atoms with Crippen molar-refractivity contribution in [3.63, 3.8) is 0 Å². The maximum atomic E-state index is 12.5. The molecule has 4 aromatic rings. The number of ether oxygens (including phenoxy) is 2. The lowest BCUT2D eigenvalue weighted by Crippen LogP contribution is -2.49. The average molecular weight is 574 g/mol. The van der Waals surface area contributed by atoms with Gasteiger partial charge in [0.15, 0.2) is 17.2 Å². The van der Waals surface area contributed by atoms with Gasteiger partial charge < -0.3 is 24.6 Å². The van der Waals surface area contributed by atoms with Crippen LogP contribution in [0.15, 0.2) is 23.2 Å². The summed E-state index contributed by atoms with van der Waals surface area (Å²) in [5.41, 5.74) is 8.99. The van der Waals surface area contributed by atoms with Crippen molar-refractivity contribution in [3.05, 3.63) is 30.0 Å². The molecular weight excluding hydrogens is 538 g/mol. The Kier molecular flexibility index (Phi) is 6.19. The minimum Gasteiger partial charge on any atom is -0.444 e. The van der Waals surface area contributed by atoms with Gasteiger partial charge in [-0.2, -0.15) is 5.10 Å². The van der Waals surface area contributed by atoms with E-state index in [0.29, 0.717) is 60.4 Å². The molecule has 3 aliphatic rings. The Morgan fingerprint density at radius 3 is 2.36 bits per heavy atom. The van der Waals surface area contributed by atoms with E-state index in [9.17, 15) is 4.79 Å². The fraction of sp³-hybridized carbons (Fsp3) is 0.552. The molecule has 6 heterocycles. The number of hydrogen-bond donors (Lipinski definition) is 1. The number of rotatable bonds is 5. The molecule has 42 heavy (non-hydrogen) atoms. The summed E-state index contributed by atoms with van der Waals surface area (Å²) in [7, 11) is 0. The summed E-state index contributed by atoms with van der Waals surface area (Å²) in [6.07, 6.45) is 8.62. The Labute approximate surface area is 242 Å². The van der Waals surface area contributed by atoms with Gasteiger partial charge in [-0.15, -0.1) is 0 Å². The summed E-state index contributed by atoms with van der Waals surface area (Å²) >= 11 is 0. The smallest absolute Gasteiger partial charge is 0.410 e. The molecule has 1 amide bonds. The number of anilines is 1. The standard InChI is InChI=1S/C29H35N9O4/c1-28(2,3)41-27(39)37-9-7-16(8-10-37)18-11-31-25(32-12-18)19-22(36-42-23(19)17-5-6-17)21-20-24(30)33-15-34-26(20)38(35-21)29(4)13-40-14-29/h11-12,15-17H,5-10,13-14H2,1-4H3,(H2,30,33,34). The lowest BCUT2D eigenvalue weighted by molar-refractivity contribution is -0.0936. The minimum absolute atomic E-state index is 0.254. The average Bonchev–Trinajstić information content (AvgIpc) is 3.57. The molecule has 0 aromatic carbocycles. The van der Waals surface area contributed by atoms with Crippen molar-refractivity contribution in [2.24, 2.45) is 0 Å². The lowest BCUT2D eigenvalue weighted by atomic mass is 9.91. The van der Waals surface area contributed by atoms with Gasteiger partial charge in [-0.05, 0) is 64.9 Å². The Hall–Kier alpha value is -4.13. The van der Waals surface area contributed by atoms with Gasteiger partial charge in [0.2, 0.25) is 0 Å². The van der Waals surface area contributed by atoms with Crippen LogP contribution in [0.4, 0.5) is 10.6 Å². The normalized spacial score (nSPS) is 19.2. The highest BCUT2D eigenvalue weighted by molar-refractivity contribution is 6.00. The molecule has 0 radical (unpaired) electrons. The van der Waals surface area contributed by atoms with Crippen LogP contribution in [-0.2, 0) is 15.0 Å². The first-order valence-electron chi connectivity index (χ1n) is 14.5. The van der Waals surface area contributed by atoms with Crippen molar-refractivity contribution in [2.45, 2.75) is 76.4 Å². The van der Waals surface area contributed by atoms with Gasteiger partial charge in [0, 0.05) is 31.4 Å². The molecule has 0 spiro atoms. The third-order valence-corrected chi connectivity index (χ3v) is 8.24.